The quantitative estimate of drug-likeness (QED) is 0.276. The normalized spacial score (nSPS) is 15.8. The molecule has 1 amide bonds. The number of aromatic nitrogens is 2. The van der Waals surface area contributed by atoms with Crippen molar-refractivity contribution >= 4 is 29.9 Å². The van der Waals surface area contributed by atoms with Gasteiger partial charge in [-0.05, 0) is 55.9 Å². The van der Waals surface area contributed by atoms with E-state index in [1.165, 1.54) is 0 Å². The van der Waals surface area contributed by atoms with E-state index in [4.69, 9.17) is 5.11 Å². The molecule has 1 saturated heterocycles. The van der Waals surface area contributed by atoms with Crippen molar-refractivity contribution in [3.63, 3.8) is 0 Å². The number of benzene rings is 1. The number of aliphatic hydroxyl groups excluding tert-OH is 1. The second kappa shape index (κ2) is 13.5. The van der Waals surface area contributed by atoms with Crippen LogP contribution in [0, 0.1) is 12.8 Å². The molecule has 1 aromatic heterocycles. The van der Waals surface area contributed by atoms with Crippen molar-refractivity contribution in [3.8, 4) is 5.75 Å². The maximum atomic E-state index is 12.3. The van der Waals surface area contributed by atoms with E-state index in [2.05, 4.69) is 49.4 Å². The second-order valence-electron chi connectivity index (χ2n) is 9.31. The number of aliphatic imine (C=N–C) groups is 1. The Kier molecular flexibility index (Phi) is 10.1. The molecule has 0 bridgehead atoms. The molecule has 10 heteroatoms. The number of aliphatic carboxylic acids is 1. The minimum atomic E-state index is -1.18. The van der Waals surface area contributed by atoms with Gasteiger partial charge in [-0.25, -0.2) is 9.97 Å². The average Bonchev–Trinajstić information content (AvgIpc) is 2.89. The molecule has 1 atom stereocenters. The van der Waals surface area contributed by atoms with Crippen LogP contribution in [0.25, 0.3) is 6.08 Å². The molecule has 1 unspecified atom stereocenters. The Bertz CT molecular complexity index is 1210. The molecule has 2 aromatic rings. The fourth-order valence-electron chi connectivity index (χ4n) is 4.27. The van der Waals surface area contributed by atoms with Gasteiger partial charge in [-0.2, -0.15) is 0 Å². The highest BCUT2D eigenvalue weighted by atomic mass is 16.4. The molecule has 202 valence electrons. The number of carbonyl (C=O) groups is 2. The lowest BCUT2D eigenvalue weighted by molar-refractivity contribution is -0.135. The number of rotatable bonds is 10. The molecule has 1 aliphatic heterocycles. The van der Waals surface area contributed by atoms with E-state index in [0.29, 0.717) is 18.2 Å². The molecule has 0 radical (unpaired) electrons. The maximum Gasteiger partial charge on any atom is 0.322 e. The summed E-state index contributed by atoms with van der Waals surface area (Å²) in [6.45, 7) is 4.50. The predicted octanol–water partition coefficient (Wildman–Crippen LogP) is 2.79. The zero-order chi connectivity index (χ0) is 27.7. The Morgan fingerprint density at radius 1 is 1.21 bits per heavy atom. The van der Waals surface area contributed by atoms with Gasteiger partial charge in [0.15, 0.2) is 11.4 Å². The fraction of sp³-hybridized carbons (Fsp3) is 0.393. The van der Waals surface area contributed by atoms with E-state index in [-0.39, 0.29) is 17.1 Å². The Hall–Kier alpha value is -4.05. The van der Waals surface area contributed by atoms with Crippen LogP contribution in [0.4, 0.5) is 5.69 Å². The molecule has 2 heterocycles. The minimum Gasteiger partial charge on any atom is -0.504 e. The second-order valence-corrected chi connectivity index (χ2v) is 9.31. The lowest BCUT2D eigenvalue weighted by atomic mass is 9.92. The van der Waals surface area contributed by atoms with E-state index in [1.807, 2.05) is 18.2 Å². The smallest absolute Gasteiger partial charge is 0.322 e. The van der Waals surface area contributed by atoms with Gasteiger partial charge < -0.3 is 25.5 Å². The number of allylic oxidation sites excluding steroid dienone is 2. The van der Waals surface area contributed by atoms with Gasteiger partial charge in [-0.3, -0.25) is 14.6 Å². The third-order valence-electron chi connectivity index (χ3n) is 6.40. The van der Waals surface area contributed by atoms with Crippen molar-refractivity contribution in [3.05, 3.63) is 64.8 Å². The zero-order valence-corrected chi connectivity index (χ0v) is 22.0. The van der Waals surface area contributed by atoms with Crippen LogP contribution in [-0.4, -0.2) is 76.2 Å². The van der Waals surface area contributed by atoms with Crippen LogP contribution in [0.3, 0.4) is 0 Å². The first kappa shape index (κ1) is 28.5. The molecule has 38 heavy (non-hydrogen) atoms. The number of amides is 1. The first-order valence-corrected chi connectivity index (χ1v) is 12.6. The summed E-state index contributed by atoms with van der Waals surface area (Å²) in [4.78, 5) is 37.9. The van der Waals surface area contributed by atoms with Crippen LogP contribution in [0.1, 0.15) is 47.3 Å². The zero-order valence-electron chi connectivity index (χ0n) is 22.0. The van der Waals surface area contributed by atoms with Crippen LogP contribution >= 0.6 is 0 Å². The number of aromatic hydroxyl groups is 1. The summed E-state index contributed by atoms with van der Waals surface area (Å²) in [5, 5.41) is 31.0. The number of aliphatic hydroxyl groups is 1. The third kappa shape index (κ3) is 7.97. The van der Waals surface area contributed by atoms with E-state index in [0.717, 1.165) is 42.8 Å². The number of carboxylic acid groups (broad SMARTS) is 1. The minimum absolute atomic E-state index is 0.198. The van der Waals surface area contributed by atoms with E-state index < -0.39 is 24.5 Å². The lowest BCUT2D eigenvalue weighted by Crippen LogP contribution is -2.34. The molecule has 1 aromatic carbocycles. The molecular weight excluding hydrogens is 486 g/mol. The van der Waals surface area contributed by atoms with Gasteiger partial charge in [0.1, 0.15) is 12.4 Å². The van der Waals surface area contributed by atoms with E-state index in [1.54, 1.807) is 27.1 Å². The van der Waals surface area contributed by atoms with Gasteiger partial charge in [0, 0.05) is 38.5 Å². The first-order valence-electron chi connectivity index (χ1n) is 12.6. The molecule has 3 rings (SSSR count). The Balaban J connectivity index is 1.57. The predicted molar refractivity (Wildman–Crippen MR) is 147 cm³/mol. The summed E-state index contributed by atoms with van der Waals surface area (Å²) >= 11 is 0. The van der Waals surface area contributed by atoms with Crippen molar-refractivity contribution in [1.82, 2.24) is 15.3 Å². The first-order chi connectivity index (χ1) is 18.2. The van der Waals surface area contributed by atoms with Crippen molar-refractivity contribution < 1.29 is 24.9 Å². The van der Waals surface area contributed by atoms with Crippen molar-refractivity contribution in [1.29, 1.82) is 0 Å². The standard InChI is InChI=1S/C28H35N5O5/c1-18-27(37)26(28(38)30-17-25(35)36)32-24(31-18)15-21-11-13-33(14-12-21)23-9-7-20(8-10-23)5-4-6-22(16-29-3)19(2)34/h4-10,16,19,21,34,37H,11-15,17H2,1-3H3,(H,30,38)(H,35,36)/b5-4+,22-6+,29-16-. The molecule has 4 N–H and O–H groups in total. The van der Waals surface area contributed by atoms with Gasteiger partial charge >= 0.3 is 5.97 Å². The van der Waals surface area contributed by atoms with Crippen LogP contribution in [0.15, 0.2) is 47.0 Å². The fourth-order valence-corrected chi connectivity index (χ4v) is 4.27. The topological polar surface area (TPSA) is 148 Å². The molecule has 1 fully saturated rings. The summed E-state index contributed by atoms with van der Waals surface area (Å²) in [6.07, 6.45) is 9.23. The number of carboxylic acids is 1. The van der Waals surface area contributed by atoms with Gasteiger partial charge in [0.05, 0.1) is 11.8 Å². The van der Waals surface area contributed by atoms with Gasteiger partial charge in [0.2, 0.25) is 0 Å². The maximum absolute atomic E-state index is 12.3. The Morgan fingerprint density at radius 3 is 2.50 bits per heavy atom. The molecule has 0 spiro atoms. The largest absolute Gasteiger partial charge is 0.504 e. The molecule has 10 nitrogen and oxygen atoms in total. The van der Waals surface area contributed by atoms with Crippen molar-refractivity contribution in [2.45, 2.75) is 39.2 Å². The summed E-state index contributed by atoms with van der Waals surface area (Å²) < 4.78 is 0. The van der Waals surface area contributed by atoms with Gasteiger partial charge in [-0.15, -0.1) is 0 Å². The molecular formula is C28H35N5O5. The SMILES string of the molecule is C\N=C/C(=C\C=C\c1ccc(N2CCC(Cc3nc(C)c(O)c(C(=O)NCC(=O)O)n3)CC2)cc1)C(C)O. The number of piperidine rings is 1. The Labute approximate surface area is 222 Å². The van der Waals surface area contributed by atoms with Crippen molar-refractivity contribution in [2.24, 2.45) is 10.9 Å². The van der Waals surface area contributed by atoms with Crippen LogP contribution in [-0.2, 0) is 11.2 Å². The summed E-state index contributed by atoms with van der Waals surface area (Å²) in [5.41, 5.74) is 3.04. The van der Waals surface area contributed by atoms with Crippen LogP contribution in [0.2, 0.25) is 0 Å². The third-order valence-corrected chi connectivity index (χ3v) is 6.40. The van der Waals surface area contributed by atoms with E-state index in [9.17, 15) is 19.8 Å². The average molecular weight is 522 g/mol. The number of carbonyl (C=O) groups excluding carboxylic acids is 1. The number of hydrogen-bond donors (Lipinski definition) is 4. The highest BCUT2D eigenvalue weighted by Gasteiger charge is 2.23. The number of hydrogen-bond acceptors (Lipinski definition) is 8. The summed E-state index contributed by atoms with van der Waals surface area (Å²) in [7, 11) is 1.67. The number of nitrogens with zero attached hydrogens (tertiary/aromatic N) is 4. The summed E-state index contributed by atoms with van der Waals surface area (Å²) in [6, 6.07) is 8.32. The molecule has 0 aliphatic carbocycles. The molecule has 1 aliphatic rings. The highest BCUT2D eigenvalue weighted by molar-refractivity contribution is 5.96. The number of anilines is 1. The monoisotopic (exact) mass is 521 g/mol. The van der Waals surface area contributed by atoms with Crippen LogP contribution in [0.5, 0.6) is 5.75 Å². The highest BCUT2D eigenvalue weighted by Crippen LogP contribution is 2.27. The number of nitrogens with one attached hydrogen (secondary N) is 1. The molecule has 0 saturated carbocycles. The Morgan fingerprint density at radius 2 is 1.89 bits per heavy atom. The van der Waals surface area contributed by atoms with Gasteiger partial charge in [0.25, 0.3) is 5.91 Å². The summed E-state index contributed by atoms with van der Waals surface area (Å²) in [5.74, 6) is -1.46. The van der Waals surface area contributed by atoms with Gasteiger partial charge in [-0.1, -0.05) is 30.4 Å². The van der Waals surface area contributed by atoms with E-state index >= 15 is 0 Å². The van der Waals surface area contributed by atoms with Crippen molar-refractivity contribution in [2.75, 3.05) is 31.6 Å². The number of aryl methyl sites for hydroxylation is 1. The van der Waals surface area contributed by atoms with Crippen LogP contribution < -0.4 is 10.2 Å². The lowest BCUT2D eigenvalue weighted by Gasteiger charge is -2.33.